The minimum absolute atomic E-state index is 0.107. The Morgan fingerprint density at radius 2 is 1.85 bits per heavy atom. The molecule has 7 heteroatoms. The molecule has 3 aliphatic rings. The van der Waals surface area contributed by atoms with Gasteiger partial charge in [0.2, 0.25) is 5.91 Å². The molecule has 0 bridgehead atoms. The Morgan fingerprint density at radius 1 is 1.11 bits per heavy atom. The van der Waals surface area contributed by atoms with Crippen LogP contribution in [0.2, 0.25) is 0 Å². The first-order valence-electron chi connectivity index (χ1n) is 10.6. The standard InChI is InChI=1S/C20H36N4O3/c1-4-22-13-10-20(9-6-18(22)25)16-24(15-14-21(20)3)17-7-11-23(12-8-17)19(26)27-5-2/h17H,4-16H2,1-3H3. The Labute approximate surface area is 163 Å². The summed E-state index contributed by atoms with van der Waals surface area (Å²) in [6.45, 7) is 10.8. The highest BCUT2D eigenvalue weighted by molar-refractivity contribution is 5.76. The molecule has 3 heterocycles. The van der Waals surface area contributed by atoms with E-state index in [2.05, 4.69) is 23.8 Å². The van der Waals surface area contributed by atoms with E-state index in [1.165, 1.54) is 0 Å². The Kier molecular flexibility index (Phi) is 6.63. The molecule has 0 aliphatic carbocycles. The molecule has 1 spiro atoms. The molecule has 1 atom stereocenters. The third-order valence-electron chi connectivity index (χ3n) is 6.92. The highest BCUT2D eigenvalue weighted by Gasteiger charge is 2.43. The minimum Gasteiger partial charge on any atom is -0.450 e. The fourth-order valence-corrected chi connectivity index (χ4v) is 5.00. The van der Waals surface area contributed by atoms with Crippen LogP contribution in [0.1, 0.15) is 46.0 Å². The molecule has 0 aromatic rings. The first-order chi connectivity index (χ1) is 13.0. The predicted molar refractivity (Wildman–Crippen MR) is 105 cm³/mol. The largest absolute Gasteiger partial charge is 0.450 e. The SMILES string of the molecule is CCOC(=O)N1CCC(N2CCN(C)C3(CCC(=O)N(CC)CC3)C2)CC1. The van der Waals surface area contributed by atoms with Gasteiger partial charge in [0.25, 0.3) is 0 Å². The van der Waals surface area contributed by atoms with Gasteiger partial charge in [0.15, 0.2) is 0 Å². The number of nitrogens with zero attached hydrogens (tertiary/aromatic N) is 4. The van der Waals surface area contributed by atoms with Gasteiger partial charge in [-0.05, 0) is 46.6 Å². The summed E-state index contributed by atoms with van der Waals surface area (Å²) in [7, 11) is 2.23. The summed E-state index contributed by atoms with van der Waals surface area (Å²) >= 11 is 0. The van der Waals surface area contributed by atoms with E-state index in [0.717, 1.165) is 71.5 Å². The van der Waals surface area contributed by atoms with Crippen LogP contribution >= 0.6 is 0 Å². The molecule has 0 saturated carbocycles. The summed E-state index contributed by atoms with van der Waals surface area (Å²) in [5.74, 6) is 0.308. The Hall–Kier alpha value is -1.34. The zero-order chi connectivity index (χ0) is 19.4. The second-order valence-electron chi connectivity index (χ2n) is 8.26. The molecule has 2 amide bonds. The molecule has 3 aliphatic heterocycles. The van der Waals surface area contributed by atoms with Gasteiger partial charge in [0.05, 0.1) is 6.61 Å². The fraction of sp³-hybridized carbons (Fsp3) is 0.900. The fourth-order valence-electron chi connectivity index (χ4n) is 5.00. The van der Waals surface area contributed by atoms with Crippen molar-refractivity contribution in [1.29, 1.82) is 0 Å². The normalized spacial score (nSPS) is 29.2. The van der Waals surface area contributed by atoms with E-state index >= 15 is 0 Å². The molecule has 154 valence electrons. The van der Waals surface area contributed by atoms with Crippen molar-refractivity contribution in [3.63, 3.8) is 0 Å². The monoisotopic (exact) mass is 380 g/mol. The quantitative estimate of drug-likeness (QED) is 0.745. The highest BCUT2D eigenvalue weighted by atomic mass is 16.6. The van der Waals surface area contributed by atoms with E-state index in [-0.39, 0.29) is 11.6 Å². The molecular weight excluding hydrogens is 344 g/mol. The zero-order valence-electron chi connectivity index (χ0n) is 17.3. The van der Waals surface area contributed by atoms with Crippen molar-refractivity contribution in [3.05, 3.63) is 0 Å². The average Bonchev–Trinajstić information content (AvgIpc) is 2.84. The minimum atomic E-state index is -0.173. The van der Waals surface area contributed by atoms with Crippen LogP contribution < -0.4 is 0 Å². The van der Waals surface area contributed by atoms with Gasteiger partial charge in [-0.15, -0.1) is 0 Å². The lowest BCUT2D eigenvalue weighted by Gasteiger charge is -2.52. The number of ether oxygens (including phenoxy) is 1. The highest BCUT2D eigenvalue weighted by Crippen LogP contribution is 2.34. The van der Waals surface area contributed by atoms with Crippen molar-refractivity contribution >= 4 is 12.0 Å². The van der Waals surface area contributed by atoms with E-state index in [9.17, 15) is 9.59 Å². The van der Waals surface area contributed by atoms with Gasteiger partial charge in [-0.1, -0.05) is 0 Å². The number of piperidine rings is 1. The van der Waals surface area contributed by atoms with Gasteiger partial charge in [-0.3, -0.25) is 14.6 Å². The molecule has 3 rings (SSSR count). The lowest BCUT2D eigenvalue weighted by atomic mass is 9.85. The molecule has 0 N–H and O–H groups in total. The van der Waals surface area contributed by atoms with Crippen LogP contribution in [0.3, 0.4) is 0 Å². The van der Waals surface area contributed by atoms with E-state index in [0.29, 0.717) is 25.0 Å². The molecule has 0 aromatic heterocycles. The molecular formula is C20H36N4O3. The van der Waals surface area contributed by atoms with E-state index in [1.54, 1.807) is 0 Å². The predicted octanol–water partition coefficient (Wildman–Crippen LogP) is 1.63. The first-order valence-corrected chi connectivity index (χ1v) is 10.6. The van der Waals surface area contributed by atoms with Crippen molar-refractivity contribution in [2.24, 2.45) is 0 Å². The molecule has 7 nitrogen and oxygen atoms in total. The average molecular weight is 381 g/mol. The number of hydrogen-bond acceptors (Lipinski definition) is 5. The maximum atomic E-state index is 12.4. The molecule has 0 radical (unpaired) electrons. The third kappa shape index (κ3) is 4.40. The molecule has 1 unspecified atom stereocenters. The van der Waals surface area contributed by atoms with Gasteiger partial charge in [0, 0.05) is 63.8 Å². The van der Waals surface area contributed by atoms with Crippen LogP contribution in [-0.2, 0) is 9.53 Å². The van der Waals surface area contributed by atoms with Crippen LogP contribution in [0.5, 0.6) is 0 Å². The van der Waals surface area contributed by atoms with Crippen molar-refractivity contribution in [3.8, 4) is 0 Å². The van der Waals surface area contributed by atoms with Crippen molar-refractivity contribution in [1.82, 2.24) is 19.6 Å². The maximum Gasteiger partial charge on any atom is 0.409 e. The Morgan fingerprint density at radius 3 is 2.52 bits per heavy atom. The van der Waals surface area contributed by atoms with Crippen LogP contribution in [0.25, 0.3) is 0 Å². The summed E-state index contributed by atoms with van der Waals surface area (Å²) in [4.78, 5) is 33.3. The molecule has 3 saturated heterocycles. The summed E-state index contributed by atoms with van der Waals surface area (Å²) < 4.78 is 5.14. The van der Waals surface area contributed by atoms with Crippen LogP contribution in [-0.4, -0.2) is 103 Å². The van der Waals surface area contributed by atoms with E-state index < -0.39 is 0 Å². The molecule has 27 heavy (non-hydrogen) atoms. The number of carbonyl (C=O) groups is 2. The van der Waals surface area contributed by atoms with Crippen molar-refractivity contribution in [2.75, 3.05) is 59.5 Å². The van der Waals surface area contributed by atoms with Crippen LogP contribution in [0.15, 0.2) is 0 Å². The van der Waals surface area contributed by atoms with Crippen LogP contribution in [0.4, 0.5) is 4.79 Å². The maximum absolute atomic E-state index is 12.4. The topological polar surface area (TPSA) is 56.3 Å². The van der Waals surface area contributed by atoms with Crippen LogP contribution in [0, 0.1) is 0 Å². The summed E-state index contributed by atoms with van der Waals surface area (Å²) in [6.07, 6.45) is 4.52. The smallest absolute Gasteiger partial charge is 0.409 e. The van der Waals surface area contributed by atoms with Gasteiger partial charge in [0.1, 0.15) is 0 Å². The summed E-state index contributed by atoms with van der Waals surface area (Å²) in [5, 5.41) is 0. The first kappa shape index (κ1) is 20.4. The number of carbonyl (C=O) groups excluding carboxylic acids is 2. The van der Waals surface area contributed by atoms with Crippen molar-refractivity contribution < 1.29 is 14.3 Å². The lowest BCUT2D eigenvalue weighted by Crippen LogP contribution is -2.63. The van der Waals surface area contributed by atoms with Gasteiger partial charge < -0.3 is 14.5 Å². The second kappa shape index (κ2) is 8.78. The van der Waals surface area contributed by atoms with E-state index in [4.69, 9.17) is 4.74 Å². The zero-order valence-corrected chi connectivity index (χ0v) is 17.3. The number of hydrogen-bond donors (Lipinski definition) is 0. The Balaban J connectivity index is 1.61. The number of amides is 2. The third-order valence-corrected chi connectivity index (χ3v) is 6.92. The number of rotatable bonds is 3. The second-order valence-corrected chi connectivity index (χ2v) is 8.26. The van der Waals surface area contributed by atoms with Crippen molar-refractivity contribution in [2.45, 2.75) is 57.5 Å². The lowest BCUT2D eigenvalue weighted by molar-refractivity contribution is -0.130. The number of piperazine rings is 1. The summed E-state index contributed by atoms with van der Waals surface area (Å²) in [5.41, 5.74) is 0.107. The molecule has 3 fully saturated rings. The van der Waals surface area contributed by atoms with Gasteiger partial charge >= 0.3 is 6.09 Å². The summed E-state index contributed by atoms with van der Waals surface area (Å²) in [6, 6.07) is 0.530. The number of likely N-dealkylation sites (tertiary alicyclic amines) is 2. The van der Waals surface area contributed by atoms with E-state index in [1.807, 2.05) is 16.7 Å². The van der Waals surface area contributed by atoms with Gasteiger partial charge in [-0.2, -0.15) is 0 Å². The molecule has 0 aromatic carbocycles. The number of likely N-dealkylation sites (N-methyl/N-ethyl adjacent to an activating group) is 1. The Bertz CT molecular complexity index is 535. The van der Waals surface area contributed by atoms with Gasteiger partial charge in [-0.25, -0.2) is 4.79 Å².